The van der Waals surface area contributed by atoms with Crippen LogP contribution >= 0.6 is 23.7 Å². The molecule has 0 radical (unpaired) electrons. The number of amides is 1. The van der Waals surface area contributed by atoms with E-state index in [1.807, 2.05) is 4.90 Å². The summed E-state index contributed by atoms with van der Waals surface area (Å²) in [7, 11) is 0. The first-order valence-electron chi connectivity index (χ1n) is 7.39. The molecule has 1 saturated heterocycles. The van der Waals surface area contributed by atoms with Crippen LogP contribution in [0.3, 0.4) is 0 Å². The minimum Gasteiger partial charge on any atom is -0.333 e. The van der Waals surface area contributed by atoms with Gasteiger partial charge < -0.3 is 10.2 Å². The van der Waals surface area contributed by atoms with Crippen LogP contribution in [0.5, 0.6) is 0 Å². The number of carbonyl (C=O) groups excluding carboxylic acids is 1. The molecule has 2 aliphatic rings. The summed E-state index contributed by atoms with van der Waals surface area (Å²) in [6.45, 7) is 4.79. The second kappa shape index (κ2) is 6.92. The largest absolute Gasteiger partial charge is 0.333 e. The lowest BCUT2D eigenvalue weighted by Gasteiger charge is -2.33. The van der Waals surface area contributed by atoms with Crippen molar-refractivity contribution in [2.45, 2.75) is 45.1 Å². The van der Waals surface area contributed by atoms with E-state index < -0.39 is 0 Å². The number of nitrogens with one attached hydrogen (secondary N) is 1. The molecule has 1 aromatic rings. The number of hydrogen-bond acceptors (Lipinski definition) is 3. The summed E-state index contributed by atoms with van der Waals surface area (Å²) in [5.74, 6) is 0.243. The van der Waals surface area contributed by atoms with Crippen LogP contribution in [0.4, 0.5) is 0 Å². The van der Waals surface area contributed by atoms with Crippen LogP contribution in [-0.4, -0.2) is 36.5 Å². The molecule has 1 aromatic heterocycles. The van der Waals surface area contributed by atoms with Gasteiger partial charge in [-0.15, -0.1) is 23.7 Å². The molecule has 1 atom stereocenters. The van der Waals surface area contributed by atoms with Crippen LogP contribution in [0, 0.1) is 0 Å². The van der Waals surface area contributed by atoms with Gasteiger partial charge in [0.1, 0.15) is 0 Å². The molecule has 0 aromatic carbocycles. The first kappa shape index (κ1) is 15.8. The normalized spacial score (nSPS) is 22.6. The smallest absolute Gasteiger partial charge is 0.264 e. The van der Waals surface area contributed by atoms with Crippen molar-refractivity contribution in [1.29, 1.82) is 0 Å². The van der Waals surface area contributed by atoms with Gasteiger partial charge in [-0.3, -0.25) is 4.79 Å². The van der Waals surface area contributed by atoms with E-state index in [0.29, 0.717) is 6.04 Å². The molecule has 3 rings (SSSR count). The Balaban J connectivity index is 0.00000147. The number of aryl methyl sites for hydroxylation is 2. The molecular weight excluding hydrogens is 292 g/mol. The first-order chi connectivity index (χ1) is 9.25. The van der Waals surface area contributed by atoms with Crippen LogP contribution in [0.2, 0.25) is 0 Å². The Bertz CT molecular complexity index is 451. The average molecular weight is 315 g/mol. The highest BCUT2D eigenvalue weighted by atomic mass is 35.5. The van der Waals surface area contributed by atoms with Crippen LogP contribution < -0.4 is 5.32 Å². The number of carbonyl (C=O) groups is 1. The molecule has 112 valence electrons. The van der Waals surface area contributed by atoms with Crippen molar-refractivity contribution in [3.63, 3.8) is 0 Å². The van der Waals surface area contributed by atoms with E-state index in [4.69, 9.17) is 0 Å². The number of piperazine rings is 1. The molecule has 1 amide bonds. The standard InChI is InChI=1S/C15H22N2OS.ClH/c1-11-10-16-7-8-17(11)15(18)14-9-12-5-3-2-4-6-13(12)19-14;/h9,11,16H,2-8,10H2,1H3;1H/t11-;/m1./s1. The Hall–Kier alpha value is -0.580. The fourth-order valence-electron chi connectivity index (χ4n) is 3.06. The molecule has 0 bridgehead atoms. The van der Waals surface area contributed by atoms with Gasteiger partial charge >= 0.3 is 0 Å². The summed E-state index contributed by atoms with van der Waals surface area (Å²) in [6.07, 6.45) is 6.23. The quantitative estimate of drug-likeness (QED) is 0.808. The topological polar surface area (TPSA) is 32.3 Å². The van der Waals surface area contributed by atoms with E-state index in [1.165, 1.54) is 36.1 Å². The number of fused-ring (bicyclic) bond motifs is 1. The third kappa shape index (κ3) is 3.18. The minimum absolute atomic E-state index is 0. The van der Waals surface area contributed by atoms with E-state index in [9.17, 15) is 4.79 Å². The first-order valence-corrected chi connectivity index (χ1v) is 8.20. The predicted molar refractivity (Wildman–Crippen MR) is 86.2 cm³/mol. The maximum Gasteiger partial charge on any atom is 0.264 e. The molecule has 1 N–H and O–H groups in total. The highest BCUT2D eigenvalue weighted by Crippen LogP contribution is 2.30. The molecule has 2 heterocycles. The van der Waals surface area contributed by atoms with Gasteiger partial charge in [0.25, 0.3) is 5.91 Å². The monoisotopic (exact) mass is 314 g/mol. The van der Waals surface area contributed by atoms with E-state index >= 15 is 0 Å². The zero-order chi connectivity index (χ0) is 13.2. The molecular formula is C15H23ClN2OS. The van der Waals surface area contributed by atoms with E-state index in [1.54, 1.807) is 11.3 Å². The molecule has 0 unspecified atom stereocenters. The van der Waals surface area contributed by atoms with Gasteiger partial charge in [0.05, 0.1) is 4.88 Å². The zero-order valence-electron chi connectivity index (χ0n) is 12.0. The second-order valence-electron chi connectivity index (χ2n) is 5.67. The van der Waals surface area contributed by atoms with Crippen molar-refractivity contribution < 1.29 is 4.79 Å². The third-order valence-electron chi connectivity index (χ3n) is 4.22. The zero-order valence-corrected chi connectivity index (χ0v) is 13.6. The van der Waals surface area contributed by atoms with Gasteiger partial charge in [-0.25, -0.2) is 0 Å². The van der Waals surface area contributed by atoms with Gasteiger partial charge in [-0.2, -0.15) is 0 Å². The van der Waals surface area contributed by atoms with E-state index in [0.717, 1.165) is 30.9 Å². The van der Waals surface area contributed by atoms with Gasteiger partial charge in [-0.1, -0.05) is 6.42 Å². The number of nitrogens with zero attached hydrogens (tertiary/aromatic N) is 1. The number of thiophene rings is 1. The van der Waals surface area contributed by atoms with Crippen molar-refractivity contribution in [2.24, 2.45) is 0 Å². The van der Waals surface area contributed by atoms with Crippen LogP contribution in [-0.2, 0) is 12.8 Å². The summed E-state index contributed by atoms with van der Waals surface area (Å²) < 4.78 is 0. The van der Waals surface area contributed by atoms with Crippen molar-refractivity contribution >= 4 is 29.7 Å². The Morgan fingerprint density at radius 1 is 1.35 bits per heavy atom. The van der Waals surface area contributed by atoms with Crippen molar-refractivity contribution in [3.05, 3.63) is 21.4 Å². The average Bonchev–Trinajstić information content (AvgIpc) is 2.70. The molecule has 20 heavy (non-hydrogen) atoms. The maximum absolute atomic E-state index is 12.6. The van der Waals surface area contributed by atoms with Gasteiger partial charge in [0, 0.05) is 30.6 Å². The lowest BCUT2D eigenvalue weighted by Crippen LogP contribution is -2.52. The minimum atomic E-state index is 0. The summed E-state index contributed by atoms with van der Waals surface area (Å²) in [6, 6.07) is 2.48. The molecule has 0 saturated carbocycles. The lowest BCUT2D eigenvalue weighted by atomic mass is 10.1. The Morgan fingerprint density at radius 3 is 2.95 bits per heavy atom. The molecule has 0 spiro atoms. The summed E-state index contributed by atoms with van der Waals surface area (Å²) in [5, 5.41) is 3.34. The van der Waals surface area contributed by atoms with Gasteiger partial charge in [0.15, 0.2) is 0 Å². The van der Waals surface area contributed by atoms with Crippen LogP contribution in [0.25, 0.3) is 0 Å². The highest BCUT2D eigenvalue weighted by molar-refractivity contribution is 7.14. The summed E-state index contributed by atoms with van der Waals surface area (Å²) >= 11 is 1.74. The van der Waals surface area contributed by atoms with E-state index in [-0.39, 0.29) is 18.3 Å². The fraction of sp³-hybridized carbons (Fsp3) is 0.667. The van der Waals surface area contributed by atoms with Gasteiger partial charge in [0.2, 0.25) is 0 Å². The fourth-order valence-corrected chi connectivity index (χ4v) is 4.27. The van der Waals surface area contributed by atoms with E-state index in [2.05, 4.69) is 18.3 Å². The molecule has 5 heteroatoms. The van der Waals surface area contributed by atoms with Crippen LogP contribution in [0.1, 0.15) is 46.3 Å². The number of rotatable bonds is 1. The third-order valence-corrected chi connectivity index (χ3v) is 5.44. The summed E-state index contributed by atoms with van der Waals surface area (Å²) in [4.78, 5) is 17.1. The molecule has 1 aliphatic heterocycles. The lowest BCUT2D eigenvalue weighted by molar-refractivity contribution is 0.0660. The van der Waals surface area contributed by atoms with Crippen molar-refractivity contribution in [2.75, 3.05) is 19.6 Å². The van der Waals surface area contributed by atoms with Crippen LogP contribution in [0.15, 0.2) is 6.07 Å². The van der Waals surface area contributed by atoms with Gasteiger partial charge in [-0.05, 0) is 44.2 Å². The van der Waals surface area contributed by atoms with Crippen molar-refractivity contribution in [1.82, 2.24) is 10.2 Å². The predicted octanol–water partition coefficient (Wildman–Crippen LogP) is 2.87. The molecule has 1 aliphatic carbocycles. The Labute approximate surface area is 131 Å². The van der Waals surface area contributed by atoms with Crippen molar-refractivity contribution in [3.8, 4) is 0 Å². The number of hydrogen-bond donors (Lipinski definition) is 1. The summed E-state index contributed by atoms with van der Waals surface area (Å²) in [5.41, 5.74) is 1.44. The SMILES string of the molecule is C[C@@H]1CNCCN1C(=O)c1cc2c(s1)CCCCC2.Cl. The molecule has 3 nitrogen and oxygen atoms in total. The maximum atomic E-state index is 12.6. The second-order valence-corrected chi connectivity index (χ2v) is 6.81. The highest BCUT2D eigenvalue weighted by Gasteiger charge is 2.26. The molecule has 1 fully saturated rings. The Kier molecular flexibility index (Phi) is 5.47. The number of halogens is 1. The Morgan fingerprint density at radius 2 is 2.15 bits per heavy atom.